The topological polar surface area (TPSA) is 72.4 Å². The molecule has 0 saturated heterocycles. The minimum absolute atomic E-state index is 0.0797. The third kappa shape index (κ3) is 3.79. The molecule has 0 aliphatic carbocycles. The maximum Gasteiger partial charge on any atom is 0.254 e. The van der Waals surface area contributed by atoms with Crippen LogP contribution in [0.2, 0.25) is 0 Å². The first-order valence-corrected chi connectivity index (χ1v) is 8.38. The lowest BCUT2D eigenvalue weighted by molar-refractivity contribution is 0.0737. The van der Waals surface area contributed by atoms with Gasteiger partial charge in [-0.05, 0) is 38.1 Å². The minimum Gasteiger partial charge on any atom is -0.461 e. The van der Waals surface area contributed by atoms with Crippen molar-refractivity contribution in [3.05, 3.63) is 59.5 Å². The van der Waals surface area contributed by atoms with Crippen LogP contribution in [-0.2, 0) is 13.0 Å². The van der Waals surface area contributed by atoms with Gasteiger partial charge in [0.05, 0.1) is 6.54 Å². The number of carbonyl (C=O) groups excluding carboxylic acids is 1. The Morgan fingerprint density at radius 2 is 1.88 bits per heavy atom. The van der Waals surface area contributed by atoms with Crippen molar-refractivity contribution in [2.24, 2.45) is 0 Å². The third-order valence-corrected chi connectivity index (χ3v) is 3.94. The third-order valence-electron chi connectivity index (χ3n) is 3.94. The van der Waals surface area contributed by atoms with E-state index in [1.165, 1.54) is 0 Å². The molecule has 0 aliphatic rings. The number of carbonyl (C=O) groups is 1. The Hall–Kier alpha value is -2.89. The summed E-state index contributed by atoms with van der Waals surface area (Å²) in [7, 11) is 0. The standard InChI is InChI=1S/C19H21N3O3/c1-4-17-20-21-18(25-17)12-22(5-2)19(23)15-8-6-7-14(11-15)16-10-9-13(3)24-16/h6-11H,4-5,12H2,1-3H3. The Labute approximate surface area is 146 Å². The van der Waals surface area contributed by atoms with Crippen LogP contribution in [0.5, 0.6) is 0 Å². The van der Waals surface area contributed by atoms with Gasteiger partial charge in [-0.15, -0.1) is 10.2 Å². The molecule has 0 atom stereocenters. The fourth-order valence-electron chi connectivity index (χ4n) is 2.56. The first-order chi connectivity index (χ1) is 12.1. The highest BCUT2D eigenvalue weighted by Gasteiger charge is 2.18. The van der Waals surface area contributed by atoms with Crippen LogP contribution in [0, 0.1) is 6.92 Å². The van der Waals surface area contributed by atoms with E-state index in [1.807, 2.05) is 51.1 Å². The number of furan rings is 1. The second kappa shape index (κ2) is 7.34. The van der Waals surface area contributed by atoms with Crippen molar-refractivity contribution < 1.29 is 13.6 Å². The fourth-order valence-corrected chi connectivity index (χ4v) is 2.56. The smallest absolute Gasteiger partial charge is 0.254 e. The molecule has 130 valence electrons. The highest BCUT2D eigenvalue weighted by molar-refractivity contribution is 5.95. The Bertz CT molecular complexity index is 866. The second-order valence-corrected chi connectivity index (χ2v) is 5.75. The molecule has 3 aromatic rings. The van der Waals surface area contributed by atoms with Gasteiger partial charge >= 0.3 is 0 Å². The summed E-state index contributed by atoms with van der Waals surface area (Å²) in [6, 6.07) is 11.2. The van der Waals surface area contributed by atoms with Crippen molar-refractivity contribution in [3.8, 4) is 11.3 Å². The summed E-state index contributed by atoms with van der Waals surface area (Å²) in [5, 5.41) is 7.94. The minimum atomic E-state index is -0.0797. The van der Waals surface area contributed by atoms with Crippen LogP contribution in [0.15, 0.2) is 45.2 Å². The van der Waals surface area contributed by atoms with Gasteiger partial charge in [0.1, 0.15) is 11.5 Å². The lowest BCUT2D eigenvalue weighted by Crippen LogP contribution is -2.30. The number of nitrogens with zero attached hydrogens (tertiary/aromatic N) is 3. The normalized spacial score (nSPS) is 10.8. The van der Waals surface area contributed by atoms with Crippen LogP contribution in [0.25, 0.3) is 11.3 Å². The number of aryl methyl sites for hydroxylation is 2. The summed E-state index contributed by atoms with van der Waals surface area (Å²) in [4.78, 5) is 14.5. The van der Waals surface area contributed by atoms with E-state index < -0.39 is 0 Å². The average Bonchev–Trinajstić information content (AvgIpc) is 3.28. The molecular weight excluding hydrogens is 318 g/mol. The van der Waals surface area contributed by atoms with Crippen molar-refractivity contribution in [2.45, 2.75) is 33.7 Å². The molecule has 0 saturated carbocycles. The van der Waals surface area contributed by atoms with E-state index in [0.29, 0.717) is 36.9 Å². The monoisotopic (exact) mass is 339 g/mol. The van der Waals surface area contributed by atoms with Crippen molar-refractivity contribution >= 4 is 5.91 Å². The second-order valence-electron chi connectivity index (χ2n) is 5.75. The largest absolute Gasteiger partial charge is 0.461 e. The van der Waals surface area contributed by atoms with Crippen molar-refractivity contribution in [1.29, 1.82) is 0 Å². The number of aromatic nitrogens is 2. The molecule has 2 aromatic heterocycles. The highest BCUT2D eigenvalue weighted by atomic mass is 16.4. The maximum absolute atomic E-state index is 12.9. The molecule has 0 spiro atoms. The number of rotatable bonds is 6. The van der Waals surface area contributed by atoms with Crippen molar-refractivity contribution in [2.75, 3.05) is 6.54 Å². The molecular formula is C19H21N3O3. The molecule has 25 heavy (non-hydrogen) atoms. The molecule has 6 heteroatoms. The summed E-state index contributed by atoms with van der Waals surface area (Å²) in [5.41, 5.74) is 1.48. The van der Waals surface area contributed by atoms with Crippen LogP contribution in [0.3, 0.4) is 0 Å². The predicted octanol–water partition coefficient (Wildman–Crippen LogP) is 3.86. The molecule has 0 N–H and O–H groups in total. The van der Waals surface area contributed by atoms with Crippen molar-refractivity contribution in [1.82, 2.24) is 15.1 Å². The van der Waals surface area contributed by atoms with Gasteiger partial charge in [-0.25, -0.2) is 0 Å². The van der Waals surface area contributed by atoms with E-state index in [-0.39, 0.29) is 5.91 Å². The molecule has 3 rings (SSSR count). The highest BCUT2D eigenvalue weighted by Crippen LogP contribution is 2.23. The lowest BCUT2D eigenvalue weighted by atomic mass is 10.1. The van der Waals surface area contributed by atoms with Gasteiger partial charge in [-0.2, -0.15) is 0 Å². The molecule has 0 aliphatic heterocycles. The van der Waals surface area contributed by atoms with Gasteiger partial charge in [-0.1, -0.05) is 19.1 Å². The molecule has 0 unspecified atom stereocenters. The van der Waals surface area contributed by atoms with Gasteiger partial charge in [0.2, 0.25) is 11.8 Å². The molecule has 6 nitrogen and oxygen atoms in total. The molecule has 2 heterocycles. The van der Waals surface area contributed by atoms with Gasteiger partial charge in [0.25, 0.3) is 5.91 Å². The molecule has 1 aromatic carbocycles. The van der Waals surface area contributed by atoms with Crippen LogP contribution in [0.1, 0.15) is 41.7 Å². The molecule has 1 amide bonds. The van der Waals surface area contributed by atoms with E-state index >= 15 is 0 Å². The lowest BCUT2D eigenvalue weighted by Gasteiger charge is -2.19. The van der Waals surface area contributed by atoms with E-state index in [0.717, 1.165) is 17.1 Å². The van der Waals surface area contributed by atoms with Gasteiger partial charge in [-0.3, -0.25) is 4.79 Å². The predicted molar refractivity (Wildman–Crippen MR) is 93.0 cm³/mol. The Morgan fingerprint density at radius 3 is 2.52 bits per heavy atom. The summed E-state index contributed by atoms with van der Waals surface area (Å²) in [6.45, 7) is 6.61. The van der Waals surface area contributed by atoms with E-state index in [9.17, 15) is 4.79 Å². The van der Waals surface area contributed by atoms with Gasteiger partial charge < -0.3 is 13.7 Å². The van der Waals surface area contributed by atoms with Crippen LogP contribution in [0.4, 0.5) is 0 Å². The van der Waals surface area contributed by atoms with Gasteiger partial charge in [0, 0.05) is 24.1 Å². The van der Waals surface area contributed by atoms with E-state index in [4.69, 9.17) is 8.83 Å². The summed E-state index contributed by atoms with van der Waals surface area (Å²) >= 11 is 0. The fraction of sp³-hybridized carbons (Fsp3) is 0.316. The summed E-state index contributed by atoms with van der Waals surface area (Å²) in [6.07, 6.45) is 0.678. The zero-order valence-electron chi connectivity index (χ0n) is 14.7. The Balaban J connectivity index is 1.80. The SMILES string of the molecule is CCc1nnc(CN(CC)C(=O)c2cccc(-c3ccc(C)o3)c2)o1. The van der Waals surface area contributed by atoms with Crippen LogP contribution >= 0.6 is 0 Å². The number of benzene rings is 1. The van der Waals surface area contributed by atoms with E-state index in [1.54, 1.807) is 11.0 Å². The maximum atomic E-state index is 12.9. The molecule has 0 radical (unpaired) electrons. The Kier molecular flexibility index (Phi) is 4.97. The van der Waals surface area contributed by atoms with Crippen LogP contribution in [-0.4, -0.2) is 27.5 Å². The summed E-state index contributed by atoms with van der Waals surface area (Å²) in [5.74, 6) is 2.53. The zero-order valence-corrected chi connectivity index (χ0v) is 14.7. The van der Waals surface area contributed by atoms with Gasteiger partial charge in [0.15, 0.2) is 0 Å². The number of hydrogen-bond acceptors (Lipinski definition) is 5. The first-order valence-electron chi connectivity index (χ1n) is 8.38. The average molecular weight is 339 g/mol. The van der Waals surface area contributed by atoms with Crippen LogP contribution < -0.4 is 0 Å². The number of amides is 1. The van der Waals surface area contributed by atoms with Crippen molar-refractivity contribution in [3.63, 3.8) is 0 Å². The summed E-state index contributed by atoms with van der Waals surface area (Å²) < 4.78 is 11.2. The molecule has 0 fully saturated rings. The molecule has 0 bridgehead atoms. The first kappa shape index (κ1) is 17.0. The Morgan fingerprint density at radius 1 is 1.08 bits per heavy atom. The van der Waals surface area contributed by atoms with E-state index in [2.05, 4.69) is 10.2 Å². The zero-order chi connectivity index (χ0) is 17.8. The quantitative estimate of drug-likeness (QED) is 0.682. The number of hydrogen-bond donors (Lipinski definition) is 0.